The van der Waals surface area contributed by atoms with Gasteiger partial charge in [0, 0.05) is 30.9 Å². The summed E-state index contributed by atoms with van der Waals surface area (Å²) in [6.07, 6.45) is 4.92. The van der Waals surface area contributed by atoms with Gasteiger partial charge in [-0.1, -0.05) is 19.8 Å². The van der Waals surface area contributed by atoms with E-state index in [1.807, 2.05) is 36.2 Å². The fourth-order valence-corrected chi connectivity index (χ4v) is 3.16. The first-order chi connectivity index (χ1) is 9.63. The lowest BCUT2D eigenvalue weighted by Crippen LogP contribution is -2.42. The molecule has 1 fully saturated rings. The molecule has 0 radical (unpaired) electrons. The highest BCUT2D eigenvalue weighted by Gasteiger charge is 2.28. The molecule has 0 saturated heterocycles. The Morgan fingerprint density at radius 3 is 2.50 bits per heavy atom. The van der Waals surface area contributed by atoms with Crippen molar-refractivity contribution in [1.29, 1.82) is 0 Å². The van der Waals surface area contributed by atoms with Gasteiger partial charge < -0.3 is 10.2 Å². The third-order valence-electron chi connectivity index (χ3n) is 4.40. The van der Waals surface area contributed by atoms with Crippen molar-refractivity contribution in [2.75, 3.05) is 18.9 Å². The van der Waals surface area contributed by atoms with Gasteiger partial charge in [0.1, 0.15) is 0 Å². The van der Waals surface area contributed by atoms with Gasteiger partial charge in [-0.25, -0.2) is 0 Å². The largest absolute Gasteiger partial charge is 0.385 e. The molecule has 0 aromatic heterocycles. The Bertz CT molecular complexity index is 441. The van der Waals surface area contributed by atoms with Gasteiger partial charge in [0.25, 0.3) is 5.91 Å². The van der Waals surface area contributed by atoms with Crippen molar-refractivity contribution in [3.05, 3.63) is 29.8 Å². The van der Waals surface area contributed by atoms with Crippen molar-refractivity contribution in [1.82, 2.24) is 4.90 Å². The lowest BCUT2D eigenvalue weighted by atomic mass is 9.85. The van der Waals surface area contributed by atoms with Gasteiger partial charge in [0.15, 0.2) is 0 Å². The van der Waals surface area contributed by atoms with Crippen molar-refractivity contribution < 1.29 is 4.79 Å². The fraction of sp³-hybridized carbons (Fsp3) is 0.588. The highest BCUT2D eigenvalue weighted by atomic mass is 16.2. The van der Waals surface area contributed by atoms with E-state index in [-0.39, 0.29) is 5.91 Å². The molecule has 1 N–H and O–H groups in total. The van der Waals surface area contributed by atoms with E-state index in [0.29, 0.717) is 12.0 Å². The average Bonchev–Trinajstić information content (AvgIpc) is 2.47. The molecular formula is C17H26N2O. The molecular weight excluding hydrogens is 248 g/mol. The monoisotopic (exact) mass is 274 g/mol. The van der Waals surface area contributed by atoms with Crippen LogP contribution in [-0.2, 0) is 0 Å². The smallest absolute Gasteiger partial charge is 0.253 e. The Hall–Kier alpha value is -1.51. The summed E-state index contributed by atoms with van der Waals surface area (Å²) >= 11 is 0. The maximum absolute atomic E-state index is 12.6. The summed E-state index contributed by atoms with van der Waals surface area (Å²) in [4.78, 5) is 14.5. The lowest BCUT2D eigenvalue weighted by molar-refractivity contribution is 0.0629. The number of anilines is 1. The molecule has 1 aliphatic rings. The first-order valence-electron chi connectivity index (χ1n) is 7.74. The molecule has 2 rings (SSSR count). The second-order valence-electron chi connectivity index (χ2n) is 5.85. The van der Waals surface area contributed by atoms with E-state index in [4.69, 9.17) is 0 Å². The van der Waals surface area contributed by atoms with Gasteiger partial charge in [-0.15, -0.1) is 0 Å². The van der Waals surface area contributed by atoms with E-state index in [0.717, 1.165) is 24.2 Å². The maximum Gasteiger partial charge on any atom is 0.253 e. The van der Waals surface area contributed by atoms with E-state index in [9.17, 15) is 4.79 Å². The van der Waals surface area contributed by atoms with Crippen molar-refractivity contribution in [3.8, 4) is 0 Å². The van der Waals surface area contributed by atoms with Crippen molar-refractivity contribution in [3.63, 3.8) is 0 Å². The van der Waals surface area contributed by atoms with E-state index in [2.05, 4.69) is 19.2 Å². The molecule has 3 heteroatoms. The van der Waals surface area contributed by atoms with E-state index in [1.165, 1.54) is 19.3 Å². The van der Waals surface area contributed by atoms with Gasteiger partial charge in [0.05, 0.1) is 0 Å². The van der Waals surface area contributed by atoms with Gasteiger partial charge in [0.2, 0.25) is 0 Å². The summed E-state index contributed by atoms with van der Waals surface area (Å²) in [7, 11) is 1.95. The summed E-state index contributed by atoms with van der Waals surface area (Å²) in [5.41, 5.74) is 1.85. The number of nitrogens with zero attached hydrogens (tertiary/aromatic N) is 1. The van der Waals surface area contributed by atoms with Gasteiger partial charge in [-0.2, -0.15) is 0 Å². The molecule has 3 nitrogen and oxygen atoms in total. The molecule has 1 amide bonds. The molecule has 110 valence electrons. The van der Waals surface area contributed by atoms with Gasteiger partial charge >= 0.3 is 0 Å². The van der Waals surface area contributed by atoms with Gasteiger partial charge in [-0.3, -0.25) is 4.79 Å². The van der Waals surface area contributed by atoms with Crippen LogP contribution in [0.2, 0.25) is 0 Å². The Kier molecular flexibility index (Phi) is 5.05. The number of carbonyl (C=O) groups excluding carboxylic acids is 1. The van der Waals surface area contributed by atoms with Crippen LogP contribution in [0.15, 0.2) is 24.3 Å². The molecule has 2 atom stereocenters. The maximum atomic E-state index is 12.6. The van der Waals surface area contributed by atoms with Crippen LogP contribution in [0.25, 0.3) is 0 Å². The van der Waals surface area contributed by atoms with E-state index < -0.39 is 0 Å². The third kappa shape index (κ3) is 3.33. The number of nitrogens with one attached hydrogen (secondary N) is 1. The minimum Gasteiger partial charge on any atom is -0.385 e. The number of carbonyl (C=O) groups is 1. The van der Waals surface area contributed by atoms with Crippen LogP contribution in [0.5, 0.6) is 0 Å². The standard InChI is InChI=1S/C17H26N2O/c1-4-18-15-11-9-14(10-12-15)17(20)19(3)16-8-6-5-7-13(16)2/h9-13,16,18H,4-8H2,1-3H3. The molecule has 0 spiro atoms. The number of benzene rings is 1. The third-order valence-corrected chi connectivity index (χ3v) is 4.40. The second kappa shape index (κ2) is 6.78. The zero-order valence-electron chi connectivity index (χ0n) is 12.9. The fourth-order valence-electron chi connectivity index (χ4n) is 3.16. The predicted molar refractivity (Wildman–Crippen MR) is 84.1 cm³/mol. The summed E-state index contributed by atoms with van der Waals surface area (Å²) in [6, 6.07) is 8.20. The van der Waals surface area contributed by atoms with Crippen LogP contribution in [0.3, 0.4) is 0 Å². The topological polar surface area (TPSA) is 32.3 Å². The molecule has 20 heavy (non-hydrogen) atoms. The Labute approximate surface area is 122 Å². The van der Waals surface area contributed by atoms with E-state index in [1.54, 1.807) is 0 Å². The minimum atomic E-state index is 0.145. The molecule has 0 bridgehead atoms. The molecule has 1 aromatic rings. The summed E-state index contributed by atoms with van der Waals surface area (Å²) in [5.74, 6) is 0.755. The number of hydrogen-bond acceptors (Lipinski definition) is 2. The highest BCUT2D eigenvalue weighted by molar-refractivity contribution is 5.94. The highest BCUT2D eigenvalue weighted by Crippen LogP contribution is 2.28. The first kappa shape index (κ1) is 14.9. The van der Waals surface area contributed by atoms with E-state index >= 15 is 0 Å². The van der Waals surface area contributed by atoms with Crippen molar-refractivity contribution >= 4 is 11.6 Å². The summed E-state index contributed by atoms with van der Waals surface area (Å²) in [5, 5.41) is 3.25. The second-order valence-corrected chi connectivity index (χ2v) is 5.85. The van der Waals surface area contributed by atoms with Gasteiger partial charge in [-0.05, 0) is 49.9 Å². The van der Waals surface area contributed by atoms with Crippen LogP contribution >= 0.6 is 0 Å². The Morgan fingerprint density at radius 1 is 1.25 bits per heavy atom. The summed E-state index contributed by atoms with van der Waals surface area (Å²) in [6.45, 7) is 5.23. The quantitative estimate of drug-likeness (QED) is 0.906. The van der Waals surface area contributed by atoms with Crippen LogP contribution in [0, 0.1) is 5.92 Å². The number of hydrogen-bond donors (Lipinski definition) is 1. The van der Waals surface area contributed by atoms with Crippen LogP contribution < -0.4 is 5.32 Å². The predicted octanol–water partition coefficient (Wildman–Crippen LogP) is 3.77. The number of rotatable bonds is 4. The van der Waals surface area contributed by atoms with Crippen LogP contribution in [0.1, 0.15) is 49.9 Å². The zero-order chi connectivity index (χ0) is 14.5. The van der Waals surface area contributed by atoms with Crippen molar-refractivity contribution in [2.24, 2.45) is 5.92 Å². The molecule has 2 unspecified atom stereocenters. The lowest BCUT2D eigenvalue weighted by Gasteiger charge is -2.36. The SMILES string of the molecule is CCNc1ccc(C(=O)N(C)C2CCCCC2C)cc1. The average molecular weight is 274 g/mol. The molecule has 1 saturated carbocycles. The minimum absolute atomic E-state index is 0.145. The number of amides is 1. The van der Waals surface area contributed by atoms with Crippen molar-refractivity contribution in [2.45, 2.75) is 45.6 Å². The Morgan fingerprint density at radius 2 is 1.90 bits per heavy atom. The molecule has 0 heterocycles. The molecule has 1 aliphatic carbocycles. The van der Waals surface area contributed by atoms with Crippen LogP contribution in [0.4, 0.5) is 5.69 Å². The Balaban J connectivity index is 2.05. The first-order valence-corrected chi connectivity index (χ1v) is 7.74. The zero-order valence-corrected chi connectivity index (χ0v) is 12.9. The normalized spacial score (nSPS) is 22.4. The van der Waals surface area contributed by atoms with Crippen LogP contribution in [-0.4, -0.2) is 30.4 Å². The molecule has 1 aromatic carbocycles. The molecule has 0 aliphatic heterocycles. The summed E-state index contributed by atoms with van der Waals surface area (Å²) < 4.78 is 0.